The second kappa shape index (κ2) is 8.31. The van der Waals surface area contributed by atoms with Gasteiger partial charge in [-0.15, -0.1) is 0 Å². The van der Waals surface area contributed by atoms with Crippen molar-refractivity contribution in [2.24, 2.45) is 0 Å². The van der Waals surface area contributed by atoms with Crippen LogP contribution in [0.2, 0.25) is 5.02 Å². The minimum absolute atomic E-state index is 0.0694. The van der Waals surface area contributed by atoms with Crippen LogP contribution >= 0.6 is 11.6 Å². The molecule has 0 bridgehead atoms. The van der Waals surface area contributed by atoms with Gasteiger partial charge in [-0.25, -0.2) is 4.68 Å². The first-order valence-corrected chi connectivity index (χ1v) is 9.23. The van der Waals surface area contributed by atoms with E-state index in [0.717, 1.165) is 12.1 Å². The molecule has 0 N–H and O–H groups in total. The highest BCUT2D eigenvalue weighted by molar-refractivity contribution is 6.30. The average molecular weight is 451 g/mol. The van der Waals surface area contributed by atoms with Crippen LogP contribution in [-0.4, -0.2) is 27.0 Å². The minimum Gasteiger partial charge on any atom is -0.496 e. The summed E-state index contributed by atoms with van der Waals surface area (Å²) in [5.41, 5.74) is 0.130. The Morgan fingerprint density at radius 2 is 1.97 bits per heavy atom. The van der Waals surface area contributed by atoms with Crippen molar-refractivity contribution in [2.75, 3.05) is 7.11 Å². The van der Waals surface area contributed by atoms with Crippen molar-refractivity contribution >= 4 is 11.6 Å². The summed E-state index contributed by atoms with van der Waals surface area (Å²) in [6, 6.07) is 11.2. The van der Waals surface area contributed by atoms with Gasteiger partial charge in [0.2, 0.25) is 5.82 Å². The SMILES string of the molecule is COc1ccc(Cl)cc1-c1noc(-c2ccn(COc3cccc(C(F)(F)F)c3)n2)n1. The monoisotopic (exact) mass is 450 g/mol. The van der Waals surface area contributed by atoms with Gasteiger partial charge < -0.3 is 14.0 Å². The van der Waals surface area contributed by atoms with Gasteiger partial charge in [-0.05, 0) is 42.5 Å². The molecule has 4 aromatic rings. The summed E-state index contributed by atoms with van der Waals surface area (Å²) < 4.78 is 55.8. The lowest BCUT2D eigenvalue weighted by Crippen LogP contribution is -2.08. The van der Waals surface area contributed by atoms with Crippen LogP contribution in [-0.2, 0) is 12.9 Å². The zero-order chi connectivity index (χ0) is 22.0. The molecule has 0 saturated carbocycles. The molecule has 0 radical (unpaired) electrons. The van der Waals surface area contributed by atoms with Gasteiger partial charge >= 0.3 is 6.18 Å². The summed E-state index contributed by atoms with van der Waals surface area (Å²) in [6.07, 6.45) is -2.87. The third kappa shape index (κ3) is 4.64. The van der Waals surface area contributed by atoms with Gasteiger partial charge in [-0.3, -0.25) is 0 Å². The molecular formula is C20H14ClF3N4O3. The Morgan fingerprint density at radius 1 is 1.13 bits per heavy atom. The van der Waals surface area contributed by atoms with E-state index in [1.54, 1.807) is 30.5 Å². The van der Waals surface area contributed by atoms with Crippen molar-refractivity contribution < 1.29 is 27.2 Å². The minimum atomic E-state index is -4.44. The largest absolute Gasteiger partial charge is 0.496 e. The molecule has 7 nitrogen and oxygen atoms in total. The van der Waals surface area contributed by atoms with E-state index in [1.165, 1.54) is 23.9 Å². The van der Waals surface area contributed by atoms with Crippen molar-refractivity contribution in [1.82, 2.24) is 19.9 Å². The molecular weight excluding hydrogens is 437 g/mol. The van der Waals surface area contributed by atoms with E-state index in [9.17, 15) is 13.2 Å². The van der Waals surface area contributed by atoms with E-state index < -0.39 is 11.7 Å². The molecule has 0 aliphatic heterocycles. The number of halogens is 4. The van der Waals surface area contributed by atoms with Gasteiger partial charge in [0.15, 0.2) is 12.4 Å². The predicted molar refractivity (Wildman–Crippen MR) is 105 cm³/mol. The first-order chi connectivity index (χ1) is 14.8. The molecule has 0 saturated heterocycles. The number of aromatic nitrogens is 4. The summed E-state index contributed by atoms with van der Waals surface area (Å²) >= 11 is 6.04. The quantitative estimate of drug-likeness (QED) is 0.396. The third-order valence-corrected chi connectivity index (χ3v) is 4.45. The van der Waals surface area contributed by atoms with Gasteiger partial charge in [-0.2, -0.15) is 23.3 Å². The number of nitrogens with zero attached hydrogens (tertiary/aromatic N) is 4. The summed E-state index contributed by atoms with van der Waals surface area (Å²) in [6.45, 7) is -0.107. The van der Waals surface area contributed by atoms with Crippen LogP contribution in [0, 0.1) is 0 Å². The first kappa shape index (κ1) is 20.7. The van der Waals surface area contributed by atoms with Crippen LogP contribution in [0.15, 0.2) is 59.3 Å². The predicted octanol–water partition coefficient (Wildman–Crippen LogP) is 5.32. The number of ether oxygens (including phenoxy) is 2. The summed E-state index contributed by atoms with van der Waals surface area (Å²) in [7, 11) is 1.51. The first-order valence-electron chi connectivity index (χ1n) is 8.85. The summed E-state index contributed by atoms with van der Waals surface area (Å²) in [5.74, 6) is 1.01. The fraction of sp³-hybridized carbons (Fsp3) is 0.150. The van der Waals surface area contributed by atoms with E-state index >= 15 is 0 Å². The van der Waals surface area contributed by atoms with Crippen molar-refractivity contribution in [3.05, 3.63) is 65.3 Å². The Bertz CT molecular complexity index is 1210. The Balaban J connectivity index is 1.49. The van der Waals surface area contributed by atoms with Crippen LogP contribution in [0.5, 0.6) is 11.5 Å². The van der Waals surface area contributed by atoms with Crippen molar-refractivity contribution in [3.63, 3.8) is 0 Å². The Kier molecular flexibility index (Phi) is 5.55. The maximum absolute atomic E-state index is 12.8. The highest BCUT2D eigenvalue weighted by atomic mass is 35.5. The van der Waals surface area contributed by atoms with Gasteiger partial charge in [-0.1, -0.05) is 22.8 Å². The van der Waals surface area contributed by atoms with E-state index in [-0.39, 0.29) is 24.2 Å². The summed E-state index contributed by atoms with van der Waals surface area (Å²) in [5, 5.41) is 8.67. The lowest BCUT2D eigenvalue weighted by Gasteiger charge is -2.10. The molecule has 0 amide bonds. The highest BCUT2D eigenvalue weighted by Gasteiger charge is 2.30. The molecule has 0 aliphatic rings. The Hall–Kier alpha value is -3.53. The number of hydrogen-bond acceptors (Lipinski definition) is 6. The number of benzene rings is 2. The Labute approximate surface area is 179 Å². The zero-order valence-electron chi connectivity index (χ0n) is 15.9. The molecule has 31 heavy (non-hydrogen) atoms. The molecule has 11 heteroatoms. The summed E-state index contributed by atoms with van der Waals surface area (Å²) in [4.78, 5) is 4.31. The molecule has 2 aromatic carbocycles. The standard InChI is InChI=1S/C20H14ClF3N4O3/c1-29-17-6-5-13(21)10-15(17)18-25-19(31-27-18)16-7-8-28(26-16)11-30-14-4-2-3-12(9-14)20(22,23)24/h2-10H,11H2,1H3. The van der Waals surface area contributed by atoms with Crippen molar-refractivity contribution in [1.29, 1.82) is 0 Å². The van der Waals surface area contributed by atoms with Crippen molar-refractivity contribution in [2.45, 2.75) is 12.9 Å². The fourth-order valence-corrected chi connectivity index (χ4v) is 2.91. The van der Waals surface area contributed by atoms with Crippen LogP contribution in [0.3, 0.4) is 0 Å². The molecule has 0 aliphatic carbocycles. The highest BCUT2D eigenvalue weighted by Crippen LogP contribution is 2.32. The zero-order valence-corrected chi connectivity index (χ0v) is 16.7. The molecule has 0 spiro atoms. The molecule has 0 atom stereocenters. The fourth-order valence-electron chi connectivity index (χ4n) is 2.74. The smallest absolute Gasteiger partial charge is 0.416 e. The van der Waals surface area contributed by atoms with Crippen LogP contribution < -0.4 is 9.47 Å². The molecule has 4 rings (SSSR count). The van der Waals surface area contributed by atoms with Crippen LogP contribution in [0.4, 0.5) is 13.2 Å². The number of rotatable bonds is 6. The Morgan fingerprint density at radius 3 is 2.74 bits per heavy atom. The number of hydrogen-bond donors (Lipinski definition) is 0. The molecule has 160 valence electrons. The number of alkyl halides is 3. The van der Waals surface area contributed by atoms with E-state index in [4.69, 9.17) is 25.6 Å². The van der Waals surface area contributed by atoms with Gasteiger partial charge in [0.25, 0.3) is 5.89 Å². The van der Waals surface area contributed by atoms with Gasteiger partial charge in [0.1, 0.15) is 11.5 Å². The van der Waals surface area contributed by atoms with Crippen LogP contribution in [0.25, 0.3) is 23.0 Å². The topological polar surface area (TPSA) is 75.2 Å². The van der Waals surface area contributed by atoms with Crippen LogP contribution in [0.1, 0.15) is 5.56 Å². The van der Waals surface area contributed by atoms with E-state index in [0.29, 0.717) is 22.0 Å². The van der Waals surface area contributed by atoms with E-state index in [1.807, 2.05) is 0 Å². The maximum atomic E-state index is 12.8. The molecule has 0 unspecified atom stereocenters. The number of methoxy groups -OCH3 is 1. The molecule has 0 fully saturated rings. The molecule has 2 heterocycles. The second-order valence-corrected chi connectivity index (χ2v) is 6.74. The van der Waals surface area contributed by atoms with Gasteiger partial charge in [0, 0.05) is 11.2 Å². The lowest BCUT2D eigenvalue weighted by molar-refractivity contribution is -0.137. The lowest BCUT2D eigenvalue weighted by atomic mass is 10.2. The second-order valence-electron chi connectivity index (χ2n) is 6.31. The normalized spacial score (nSPS) is 11.5. The molecule has 2 aromatic heterocycles. The third-order valence-electron chi connectivity index (χ3n) is 4.21. The maximum Gasteiger partial charge on any atom is 0.416 e. The average Bonchev–Trinajstić information content (AvgIpc) is 3.41. The van der Waals surface area contributed by atoms with Crippen molar-refractivity contribution in [3.8, 4) is 34.5 Å². The van der Waals surface area contributed by atoms with Gasteiger partial charge in [0.05, 0.1) is 18.2 Å². The van der Waals surface area contributed by atoms with E-state index in [2.05, 4.69) is 15.2 Å².